The lowest BCUT2D eigenvalue weighted by molar-refractivity contribution is -0.132. The van der Waals surface area contributed by atoms with E-state index >= 15 is 0 Å². The first-order chi connectivity index (χ1) is 11.1. The number of benzene rings is 2. The molecule has 3 rings (SSSR count). The fourth-order valence-electron chi connectivity index (χ4n) is 2.96. The van der Waals surface area contributed by atoms with Crippen molar-refractivity contribution in [2.45, 2.75) is 25.1 Å². The van der Waals surface area contributed by atoms with E-state index in [9.17, 15) is 9.90 Å². The van der Waals surface area contributed by atoms with E-state index in [4.69, 9.17) is 0 Å². The number of hydrogen-bond donors (Lipinski definition) is 2. The van der Waals surface area contributed by atoms with Gasteiger partial charge in [-0.2, -0.15) is 0 Å². The molecule has 4 heteroatoms. The lowest BCUT2D eigenvalue weighted by atomic mass is 10.0. The van der Waals surface area contributed by atoms with E-state index in [2.05, 4.69) is 41.7 Å². The minimum Gasteiger partial charge on any atom is -0.392 e. The normalized spacial score (nSPS) is 20.4. The van der Waals surface area contributed by atoms with Crippen LogP contribution in [0.2, 0.25) is 0 Å². The van der Waals surface area contributed by atoms with Crippen LogP contribution in [0, 0.1) is 0 Å². The predicted octanol–water partition coefficient (Wildman–Crippen LogP) is 2.03. The Hall–Kier alpha value is -2.17. The number of aliphatic hydroxyl groups excluding tert-OH is 1. The van der Waals surface area contributed by atoms with Crippen molar-refractivity contribution in [3.8, 4) is 11.1 Å². The highest BCUT2D eigenvalue weighted by Crippen LogP contribution is 2.20. The van der Waals surface area contributed by atoms with E-state index in [0.717, 1.165) is 5.56 Å². The third kappa shape index (κ3) is 3.78. The number of carbonyl (C=O) groups excluding carboxylic acids is 1. The molecule has 4 nitrogen and oxygen atoms in total. The second-order valence-electron chi connectivity index (χ2n) is 6.11. The number of β-amino-alcohol motifs (C(OH)–C–C–N with tert-alkyl or cyclic N) is 1. The molecule has 1 amide bonds. The molecule has 2 aromatic rings. The second kappa shape index (κ2) is 6.94. The van der Waals surface area contributed by atoms with Gasteiger partial charge >= 0.3 is 0 Å². The van der Waals surface area contributed by atoms with Gasteiger partial charge in [0.1, 0.15) is 0 Å². The highest BCUT2D eigenvalue weighted by molar-refractivity contribution is 5.82. The number of aliphatic hydroxyl groups is 1. The maximum absolute atomic E-state index is 12.3. The summed E-state index contributed by atoms with van der Waals surface area (Å²) in [5.41, 5.74) is 3.45. The van der Waals surface area contributed by atoms with Crippen LogP contribution in [-0.4, -0.2) is 41.7 Å². The fraction of sp³-hybridized carbons (Fsp3) is 0.316. The molecule has 1 aliphatic rings. The smallest absolute Gasteiger partial charge is 0.239 e. The SMILES string of the molecule is CN(Cc1ccc(-c2ccccc2)cc1)C(=O)[C@@H]1C[C@H](O)CN1. The van der Waals surface area contributed by atoms with Crippen LogP contribution in [0.5, 0.6) is 0 Å². The van der Waals surface area contributed by atoms with Crippen molar-refractivity contribution in [3.63, 3.8) is 0 Å². The first-order valence-electron chi connectivity index (χ1n) is 7.94. The molecule has 2 N–H and O–H groups in total. The van der Waals surface area contributed by atoms with E-state index in [1.54, 1.807) is 11.9 Å². The van der Waals surface area contributed by atoms with Gasteiger partial charge in [0.25, 0.3) is 0 Å². The van der Waals surface area contributed by atoms with Gasteiger partial charge in [0.2, 0.25) is 5.91 Å². The number of rotatable bonds is 4. The monoisotopic (exact) mass is 310 g/mol. The number of nitrogens with one attached hydrogen (secondary N) is 1. The van der Waals surface area contributed by atoms with Crippen LogP contribution in [0.4, 0.5) is 0 Å². The first-order valence-corrected chi connectivity index (χ1v) is 7.94. The molecular weight excluding hydrogens is 288 g/mol. The molecule has 0 radical (unpaired) electrons. The van der Waals surface area contributed by atoms with Crippen molar-refractivity contribution < 1.29 is 9.90 Å². The molecule has 2 aromatic carbocycles. The largest absolute Gasteiger partial charge is 0.392 e. The van der Waals surface area contributed by atoms with Gasteiger partial charge < -0.3 is 15.3 Å². The fourth-order valence-corrected chi connectivity index (χ4v) is 2.96. The van der Waals surface area contributed by atoms with Gasteiger partial charge in [-0.05, 0) is 23.1 Å². The Kier molecular flexibility index (Phi) is 4.74. The van der Waals surface area contributed by atoms with Crippen molar-refractivity contribution in [2.75, 3.05) is 13.6 Å². The summed E-state index contributed by atoms with van der Waals surface area (Å²) in [6.07, 6.45) is 0.0818. The summed E-state index contributed by atoms with van der Waals surface area (Å²) in [6.45, 7) is 1.07. The number of likely N-dealkylation sites (N-methyl/N-ethyl adjacent to an activating group) is 1. The van der Waals surface area contributed by atoms with E-state index in [1.165, 1.54) is 11.1 Å². The minimum absolute atomic E-state index is 0.0358. The molecule has 0 aliphatic carbocycles. The second-order valence-corrected chi connectivity index (χ2v) is 6.11. The van der Waals surface area contributed by atoms with Gasteiger partial charge in [-0.1, -0.05) is 54.6 Å². The van der Waals surface area contributed by atoms with E-state index in [0.29, 0.717) is 19.5 Å². The van der Waals surface area contributed by atoms with Crippen molar-refractivity contribution in [1.29, 1.82) is 0 Å². The summed E-state index contributed by atoms with van der Waals surface area (Å²) in [4.78, 5) is 14.1. The van der Waals surface area contributed by atoms with Crippen LogP contribution in [0.1, 0.15) is 12.0 Å². The number of hydrogen-bond acceptors (Lipinski definition) is 3. The Morgan fingerprint density at radius 3 is 2.39 bits per heavy atom. The molecule has 1 saturated heterocycles. The van der Waals surface area contributed by atoms with Crippen LogP contribution in [0.3, 0.4) is 0 Å². The Morgan fingerprint density at radius 1 is 1.13 bits per heavy atom. The lowest BCUT2D eigenvalue weighted by Gasteiger charge is -2.21. The summed E-state index contributed by atoms with van der Waals surface area (Å²) in [7, 11) is 1.81. The van der Waals surface area contributed by atoms with Gasteiger partial charge in [0, 0.05) is 20.1 Å². The molecule has 2 atom stereocenters. The van der Waals surface area contributed by atoms with Crippen molar-refractivity contribution in [2.24, 2.45) is 0 Å². The van der Waals surface area contributed by atoms with Crippen molar-refractivity contribution >= 4 is 5.91 Å². The molecule has 0 aromatic heterocycles. The Labute approximate surface area is 136 Å². The standard InChI is InChI=1S/C19H22N2O2/c1-21(19(23)18-11-17(22)12-20-18)13-14-7-9-16(10-8-14)15-5-3-2-4-6-15/h2-10,17-18,20,22H,11-13H2,1H3/t17-,18-/m0/s1. The molecule has 1 heterocycles. The maximum atomic E-state index is 12.3. The van der Waals surface area contributed by atoms with Crippen LogP contribution in [-0.2, 0) is 11.3 Å². The number of carbonyl (C=O) groups is 1. The molecule has 1 aliphatic heterocycles. The van der Waals surface area contributed by atoms with Gasteiger partial charge in [-0.3, -0.25) is 4.79 Å². The van der Waals surface area contributed by atoms with Gasteiger partial charge in [-0.25, -0.2) is 0 Å². The zero-order valence-electron chi connectivity index (χ0n) is 13.3. The van der Waals surface area contributed by atoms with Crippen LogP contribution in [0.15, 0.2) is 54.6 Å². The van der Waals surface area contributed by atoms with Gasteiger partial charge in [0.15, 0.2) is 0 Å². The summed E-state index contributed by atoms with van der Waals surface area (Å²) in [6, 6.07) is 18.2. The molecular formula is C19H22N2O2. The van der Waals surface area contributed by atoms with Crippen LogP contribution in [0.25, 0.3) is 11.1 Å². The van der Waals surface area contributed by atoms with Crippen LogP contribution >= 0.6 is 0 Å². The topological polar surface area (TPSA) is 52.6 Å². The minimum atomic E-state index is -0.414. The Bertz CT molecular complexity index is 655. The summed E-state index contributed by atoms with van der Waals surface area (Å²) < 4.78 is 0. The molecule has 120 valence electrons. The maximum Gasteiger partial charge on any atom is 0.239 e. The Balaban J connectivity index is 1.63. The number of amides is 1. The average molecular weight is 310 g/mol. The summed E-state index contributed by atoms with van der Waals surface area (Å²) in [5.74, 6) is 0.0358. The van der Waals surface area contributed by atoms with E-state index in [1.807, 2.05) is 18.2 Å². The average Bonchev–Trinajstić information content (AvgIpc) is 3.02. The summed E-state index contributed by atoms with van der Waals surface area (Å²) in [5, 5.41) is 12.6. The third-order valence-electron chi connectivity index (χ3n) is 4.26. The zero-order chi connectivity index (χ0) is 16.2. The highest BCUT2D eigenvalue weighted by Gasteiger charge is 2.29. The van der Waals surface area contributed by atoms with Crippen molar-refractivity contribution in [1.82, 2.24) is 10.2 Å². The third-order valence-corrected chi connectivity index (χ3v) is 4.26. The first kappa shape index (κ1) is 15.7. The van der Waals surface area contributed by atoms with Gasteiger partial charge in [-0.15, -0.1) is 0 Å². The zero-order valence-corrected chi connectivity index (χ0v) is 13.3. The van der Waals surface area contributed by atoms with Gasteiger partial charge in [0.05, 0.1) is 12.1 Å². The van der Waals surface area contributed by atoms with E-state index < -0.39 is 6.10 Å². The molecule has 1 fully saturated rings. The quantitative estimate of drug-likeness (QED) is 0.908. The molecule has 0 spiro atoms. The summed E-state index contributed by atoms with van der Waals surface area (Å²) >= 11 is 0. The highest BCUT2D eigenvalue weighted by atomic mass is 16.3. The van der Waals surface area contributed by atoms with Crippen LogP contribution < -0.4 is 5.32 Å². The van der Waals surface area contributed by atoms with E-state index in [-0.39, 0.29) is 11.9 Å². The predicted molar refractivity (Wildman–Crippen MR) is 90.8 cm³/mol. The molecule has 23 heavy (non-hydrogen) atoms. The molecule has 0 bridgehead atoms. The number of nitrogens with zero attached hydrogens (tertiary/aromatic N) is 1. The Morgan fingerprint density at radius 2 is 1.78 bits per heavy atom. The lowest BCUT2D eigenvalue weighted by Crippen LogP contribution is -2.41. The van der Waals surface area contributed by atoms with Crippen molar-refractivity contribution in [3.05, 3.63) is 60.2 Å². The molecule has 0 saturated carbocycles. The molecule has 0 unspecified atom stereocenters.